The van der Waals surface area contributed by atoms with Crippen molar-refractivity contribution in [3.63, 3.8) is 0 Å². The van der Waals surface area contributed by atoms with Crippen LogP contribution >= 0.6 is 23.7 Å². The first-order chi connectivity index (χ1) is 11.6. The molecule has 3 rings (SSSR count). The molecule has 1 atom stereocenters. The zero-order valence-corrected chi connectivity index (χ0v) is 16.6. The molecule has 0 saturated carbocycles. The summed E-state index contributed by atoms with van der Waals surface area (Å²) in [7, 11) is -3.37. The van der Waals surface area contributed by atoms with Crippen molar-refractivity contribution in [3.05, 3.63) is 17.0 Å². The predicted molar refractivity (Wildman–Crippen MR) is 102 cm³/mol. The van der Waals surface area contributed by atoms with Gasteiger partial charge >= 0.3 is 0 Å². The quantitative estimate of drug-likeness (QED) is 0.719. The lowest BCUT2D eigenvalue weighted by Crippen LogP contribution is -2.27. The zero-order chi connectivity index (χ0) is 17.0. The van der Waals surface area contributed by atoms with Crippen LogP contribution in [0.15, 0.2) is 16.3 Å². The van der Waals surface area contributed by atoms with E-state index in [4.69, 9.17) is 0 Å². The van der Waals surface area contributed by atoms with Gasteiger partial charge in [0.25, 0.3) is 10.0 Å². The number of nitrogens with one attached hydrogen (secondary N) is 2. The van der Waals surface area contributed by atoms with Crippen molar-refractivity contribution in [1.82, 2.24) is 14.9 Å². The lowest BCUT2D eigenvalue weighted by Gasteiger charge is -2.13. The van der Waals surface area contributed by atoms with Crippen LogP contribution in [0.1, 0.15) is 30.6 Å². The zero-order valence-electron chi connectivity index (χ0n) is 14.2. The van der Waals surface area contributed by atoms with E-state index < -0.39 is 10.0 Å². The van der Waals surface area contributed by atoms with Crippen LogP contribution in [-0.4, -0.2) is 51.4 Å². The summed E-state index contributed by atoms with van der Waals surface area (Å²) < 4.78 is 26.9. The molecule has 25 heavy (non-hydrogen) atoms. The van der Waals surface area contributed by atoms with E-state index >= 15 is 0 Å². The summed E-state index contributed by atoms with van der Waals surface area (Å²) in [4.78, 5) is 12.8. The summed E-state index contributed by atoms with van der Waals surface area (Å²) in [6.45, 7) is 4.01. The number of amides is 1. The molecule has 2 fully saturated rings. The van der Waals surface area contributed by atoms with Gasteiger partial charge in [-0.25, -0.2) is 8.42 Å². The monoisotopic (exact) mass is 407 g/mol. The van der Waals surface area contributed by atoms with Gasteiger partial charge in [-0.15, -0.1) is 23.7 Å². The smallest absolute Gasteiger partial charge is 0.252 e. The van der Waals surface area contributed by atoms with E-state index in [2.05, 4.69) is 10.6 Å². The van der Waals surface area contributed by atoms with Gasteiger partial charge in [0, 0.05) is 24.5 Å². The summed E-state index contributed by atoms with van der Waals surface area (Å²) in [6.07, 6.45) is 4.28. The molecule has 0 bridgehead atoms. The van der Waals surface area contributed by atoms with Gasteiger partial charge in [0.1, 0.15) is 4.21 Å². The molecular formula is C16H26ClN3O3S2. The van der Waals surface area contributed by atoms with Crippen LogP contribution in [0.5, 0.6) is 0 Å². The van der Waals surface area contributed by atoms with E-state index in [0.29, 0.717) is 29.8 Å². The van der Waals surface area contributed by atoms with Crippen molar-refractivity contribution in [2.75, 3.05) is 32.7 Å². The molecule has 2 N–H and O–H groups in total. The molecule has 1 aromatic rings. The third-order valence-corrected chi connectivity index (χ3v) is 8.12. The van der Waals surface area contributed by atoms with Crippen LogP contribution in [-0.2, 0) is 21.2 Å². The van der Waals surface area contributed by atoms with Crippen LogP contribution in [0.25, 0.3) is 0 Å². The van der Waals surface area contributed by atoms with E-state index in [9.17, 15) is 13.2 Å². The number of sulfonamides is 1. The Balaban J connectivity index is 0.00000225. The first-order valence-electron chi connectivity index (χ1n) is 8.62. The van der Waals surface area contributed by atoms with Gasteiger partial charge in [-0.2, -0.15) is 4.31 Å². The molecule has 0 aromatic carbocycles. The van der Waals surface area contributed by atoms with Crippen LogP contribution in [0.3, 0.4) is 0 Å². The average molecular weight is 408 g/mol. The molecule has 9 heteroatoms. The van der Waals surface area contributed by atoms with Crippen LogP contribution in [0, 0.1) is 5.92 Å². The van der Waals surface area contributed by atoms with Gasteiger partial charge in [-0.3, -0.25) is 4.79 Å². The second-order valence-corrected chi connectivity index (χ2v) is 9.84. The van der Waals surface area contributed by atoms with Crippen molar-refractivity contribution >= 4 is 39.7 Å². The molecule has 3 heterocycles. The molecular weight excluding hydrogens is 382 g/mol. The van der Waals surface area contributed by atoms with Gasteiger partial charge in [-0.05, 0) is 56.8 Å². The van der Waals surface area contributed by atoms with Crippen molar-refractivity contribution in [2.24, 2.45) is 5.92 Å². The van der Waals surface area contributed by atoms with Crippen molar-refractivity contribution < 1.29 is 13.2 Å². The molecule has 1 aromatic heterocycles. The molecule has 2 aliphatic heterocycles. The standard InChI is InChI=1S/C16H25N3O3S2.ClH/c20-15(18-8-6-13-5-7-17-12-13)11-14-3-4-16(23-14)24(21,22)19-9-1-2-10-19;/h3-4,13,17H,1-2,5-12H2,(H,18,20);1H. The molecule has 0 radical (unpaired) electrons. The van der Waals surface area contributed by atoms with Crippen molar-refractivity contribution in [2.45, 2.75) is 36.3 Å². The number of hydrogen-bond acceptors (Lipinski definition) is 5. The number of thiophene rings is 1. The molecule has 1 unspecified atom stereocenters. The first kappa shape index (κ1) is 20.6. The minimum Gasteiger partial charge on any atom is -0.356 e. The Morgan fingerprint density at radius 3 is 2.76 bits per heavy atom. The molecule has 6 nitrogen and oxygen atoms in total. The third kappa shape index (κ3) is 5.40. The molecule has 2 aliphatic rings. The minimum absolute atomic E-state index is 0. The first-order valence-corrected chi connectivity index (χ1v) is 10.9. The summed E-state index contributed by atoms with van der Waals surface area (Å²) in [5.74, 6) is 0.622. The highest BCUT2D eigenvalue weighted by molar-refractivity contribution is 7.91. The number of carbonyl (C=O) groups is 1. The van der Waals surface area contributed by atoms with Gasteiger partial charge in [-0.1, -0.05) is 0 Å². The summed E-state index contributed by atoms with van der Waals surface area (Å²) in [5.41, 5.74) is 0. The largest absolute Gasteiger partial charge is 0.356 e. The van der Waals surface area contributed by atoms with Gasteiger partial charge in [0.2, 0.25) is 5.91 Å². The SMILES string of the molecule is Cl.O=C(Cc1ccc(S(=O)(=O)N2CCCC2)s1)NCCC1CCNC1. The maximum Gasteiger partial charge on any atom is 0.252 e. The maximum absolute atomic E-state index is 12.5. The highest BCUT2D eigenvalue weighted by Crippen LogP contribution is 2.27. The minimum atomic E-state index is -3.37. The van der Waals surface area contributed by atoms with E-state index in [0.717, 1.165) is 37.2 Å². The van der Waals surface area contributed by atoms with Crippen molar-refractivity contribution in [3.8, 4) is 0 Å². The number of halogens is 1. The Morgan fingerprint density at radius 1 is 1.32 bits per heavy atom. The highest BCUT2D eigenvalue weighted by Gasteiger charge is 2.28. The molecule has 0 spiro atoms. The van der Waals surface area contributed by atoms with Crippen LogP contribution in [0.2, 0.25) is 0 Å². The fourth-order valence-electron chi connectivity index (χ4n) is 3.24. The Bertz CT molecular complexity index is 666. The topological polar surface area (TPSA) is 78.5 Å². The number of hydrogen-bond donors (Lipinski definition) is 2. The van der Waals surface area contributed by atoms with Gasteiger partial charge < -0.3 is 10.6 Å². The van der Waals surface area contributed by atoms with Crippen molar-refractivity contribution in [1.29, 1.82) is 0 Å². The summed E-state index contributed by atoms with van der Waals surface area (Å²) in [5, 5.41) is 6.26. The normalized spacial score (nSPS) is 21.2. The molecule has 2 saturated heterocycles. The Kier molecular flexibility index (Phi) is 7.69. The Labute approximate surface area is 159 Å². The highest BCUT2D eigenvalue weighted by atomic mass is 35.5. The molecule has 142 valence electrons. The van der Waals surface area contributed by atoms with Gasteiger partial charge in [0.15, 0.2) is 0 Å². The second-order valence-electron chi connectivity index (χ2n) is 6.51. The molecule has 0 aliphatic carbocycles. The Hall–Kier alpha value is -0.670. The fourth-order valence-corrected chi connectivity index (χ4v) is 6.27. The van der Waals surface area contributed by atoms with Gasteiger partial charge in [0.05, 0.1) is 6.42 Å². The average Bonchev–Trinajstić information content (AvgIpc) is 3.30. The maximum atomic E-state index is 12.5. The van der Waals surface area contributed by atoms with E-state index in [1.807, 2.05) is 0 Å². The fraction of sp³-hybridized carbons (Fsp3) is 0.688. The second kappa shape index (κ2) is 9.32. The molecule has 1 amide bonds. The third-order valence-electron chi connectivity index (χ3n) is 4.67. The van der Waals surface area contributed by atoms with E-state index in [-0.39, 0.29) is 24.7 Å². The summed E-state index contributed by atoms with van der Waals surface area (Å²) >= 11 is 1.21. The number of rotatable bonds is 7. The Morgan fingerprint density at radius 2 is 2.08 bits per heavy atom. The van der Waals surface area contributed by atoms with Crippen LogP contribution < -0.4 is 10.6 Å². The number of carbonyl (C=O) groups excluding carboxylic acids is 1. The van der Waals surface area contributed by atoms with E-state index in [1.165, 1.54) is 17.8 Å². The van der Waals surface area contributed by atoms with E-state index in [1.54, 1.807) is 16.4 Å². The summed E-state index contributed by atoms with van der Waals surface area (Å²) in [6, 6.07) is 3.39. The lowest BCUT2D eigenvalue weighted by molar-refractivity contribution is -0.120. The number of nitrogens with zero attached hydrogens (tertiary/aromatic N) is 1. The lowest BCUT2D eigenvalue weighted by atomic mass is 10.1. The van der Waals surface area contributed by atoms with Crippen LogP contribution in [0.4, 0.5) is 0 Å². The predicted octanol–water partition coefficient (Wildman–Crippen LogP) is 1.61.